The van der Waals surface area contributed by atoms with Crippen LogP contribution in [0.15, 0.2) is 64.3 Å². The standard InChI is InChI=1S/C19H17N5O2S/c1-13-8-9-16(25-2)15(10-13)24-19(21-22-23-24)27-12-18-20-11-17(26-18)14-6-4-3-5-7-14/h3-11H,12H2,1-2H3. The van der Waals surface area contributed by atoms with Crippen molar-refractivity contribution in [3.05, 3.63) is 66.2 Å². The summed E-state index contributed by atoms with van der Waals surface area (Å²) in [7, 11) is 1.63. The molecule has 0 aliphatic carbocycles. The molecule has 0 fully saturated rings. The Morgan fingerprint density at radius 2 is 2.00 bits per heavy atom. The third-order valence-corrected chi connectivity index (χ3v) is 4.84. The van der Waals surface area contributed by atoms with Crippen LogP contribution in [-0.2, 0) is 5.75 Å². The van der Waals surface area contributed by atoms with E-state index < -0.39 is 0 Å². The highest BCUT2D eigenvalue weighted by Crippen LogP contribution is 2.29. The second kappa shape index (κ2) is 7.63. The highest BCUT2D eigenvalue weighted by Gasteiger charge is 2.15. The van der Waals surface area contributed by atoms with Crippen molar-refractivity contribution in [3.8, 4) is 22.8 Å². The molecule has 136 valence electrons. The van der Waals surface area contributed by atoms with Crippen LogP contribution < -0.4 is 4.74 Å². The van der Waals surface area contributed by atoms with Crippen LogP contribution in [0.4, 0.5) is 0 Å². The topological polar surface area (TPSA) is 78.9 Å². The van der Waals surface area contributed by atoms with Crippen LogP contribution in [0.1, 0.15) is 11.5 Å². The number of nitrogens with zero attached hydrogens (tertiary/aromatic N) is 5. The molecule has 27 heavy (non-hydrogen) atoms. The molecule has 2 aromatic heterocycles. The Morgan fingerprint density at radius 1 is 1.15 bits per heavy atom. The number of hydrogen-bond donors (Lipinski definition) is 0. The van der Waals surface area contributed by atoms with E-state index in [1.54, 1.807) is 18.0 Å². The van der Waals surface area contributed by atoms with Gasteiger partial charge in [-0.25, -0.2) is 4.98 Å². The molecule has 2 aromatic carbocycles. The van der Waals surface area contributed by atoms with Crippen LogP contribution in [0, 0.1) is 6.92 Å². The molecule has 0 unspecified atom stereocenters. The Morgan fingerprint density at radius 3 is 2.81 bits per heavy atom. The zero-order valence-electron chi connectivity index (χ0n) is 14.9. The average Bonchev–Trinajstić information content (AvgIpc) is 3.36. The number of ether oxygens (including phenoxy) is 1. The van der Waals surface area contributed by atoms with Crippen LogP contribution in [0.25, 0.3) is 17.0 Å². The first-order valence-corrected chi connectivity index (χ1v) is 9.29. The van der Waals surface area contributed by atoms with E-state index in [0.717, 1.165) is 22.6 Å². The Hall–Kier alpha value is -3.13. The van der Waals surface area contributed by atoms with Gasteiger partial charge >= 0.3 is 0 Å². The molecule has 0 saturated carbocycles. The first kappa shape index (κ1) is 17.3. The van der Waals surface area contributed by atoms with Crippen molar-refractivity contribution in [2.75, 3.05) is 7.11 Å². The van der Waals surface area contributed by atoms with Crippen LogP contribution in [0.2, 0.25) is 0 Å². The molecule has 0 radical (unpaired) electrons. The van der Waals surface area contributed by atoms with Crippen molar-refractivity contribution in [2.24, 2.45) is 0 Å². The molecule has 0 N–H and O–H groups in total. The molecule has 0 amide bonds. The quantitative estimate of drug-likeness (QED) is 0.470. The lowest BCUT2D eigenvalue weighted by Crippen LogP contribution is -2.02. The van der Waals surface area contributed by atoms with Gasteiger partial charge in [0.05, 0.1) is 19.1 Å². The van der Waals surface area contributed by atoms with Crippen LogP contribution in [0.3, 0.4) is 0 Å². The van der Waals surface area contributed by atoms with Gasteiger partial charge in [-0.3, -0.25) is 0 Å². The summed E-state index contributed by atoms with van der Waals surface area (Å²) in [6.07, 6.45) is 1.73. The second-order valence-corrected chi connectivity index (χ2v) is 6.76. The zero-order valence-corrected chi connectivity index (χ0v) is 15.7. The Balaban J connectivity index is 1.54. The molecule has 0 atom stereocenters. The zero-order chi connectivity index (χ0) is 18.6. The van der Waals surface area contributed by atoms with E-state index in [4.69, 9.17) is 9.15 Å². The summed E-state index contributed by atoms with van der Waals surface area (Å²) in [5.41, 5.74) is 2.88. The molecular weight excluding hydrogens is 362 g/mol. The number of benzene rings is 2. The fourth-order valence-corrected chi connectivity index (χ4v) is 3.36. The van der Waals surface area contributed by atoms with Gasteiger partial charge in [0.1, 0.15) is 11.4 Å². The number of aromatic nitrogens is 5. The molecule has 0 saturated heterocycles. The molecular formula is C19H17N5O2S. The van der Waals surface area contributed by atoms with Gasteiger partial charge in [-0.1, -0.05) is 48.2 Å². The van der Waals surface area contributed by atoms with Gasteiger partial charge < -0.3 is 9.15 Å². The lowest BCUT2D eigenvalue weighted by molar-refractivity contribution is 0.410. The van der Waals surface area contributed by atoms with E-state index in [9.17, 15) is 0 Å². The van der Waals surface area contributed by atoms with Crippen molar-refractivity contribution in [2.45, 2.75) is 17.8 Å². The van der Waals surface area contributed by atoms with Gasteiger partial charge in [-0.15, -0.1) is 5.10 Å². The Bertz CT molecular complexity index is 1050. The minimum atomic E-state index is 0.515. The second-order valence-electron chi connectivity index (χ2n) is 5.82. The predicted octanol–water partition coefficient (Wildman–Crippen LogP) is 3.93. The van der Waals surface area contributed by atoms with Crippen LogP contribution >= 0.6 is 11.8 Å². The van der Waals surface area contributed by atoms with Gasteiger partial charge in [0, 0.05) is 5.56 Å². The molecule has 7 nitrogen and oxygen atoms in total. The monoisotopic (exact) mass is 379 g/mol. The summed E-state index contributed by atoms with van der Waals surface area (Å²) in [5.74, 6) is 2.58. The van der Waals surface area contributed by atoms with Gasteiger partial charge in [-0.2, -0.15) is 4.68 Å². The average molecular weight is 379 g/mol. The third-order valence-electron chi connectivity index (χ3n) is 3.94. The molecule has 4 rings (SSSR count). The van der Waals surface area contributed by atoms with E-state index in [0.29, 0.717) is 22.5 Å². The van der Waals surface area contributed by atoms with Crippen molar-refractivity contribution in [1.82, 2.24) is 25.2 Å². The molecule has 0 bridgehead atoms. The van der Waals surface area contributed by atoms with Crippen LogP contribution in [-0.4, -0.2) is 32.3 Å². The molecule has 2 heterocycles. The summed E-state index contributed by atoms with van der Waals surface area (Å²) >= 11 is 1.45. The maximum absolute atomic E-state index is 5.84. The highest BCUT2D eigenvalue weighted by atomic mass is 32.2. The van der Waals surface area contributed by atoms with Gasteiger partial charge in [-0.05, 0) is 35.0 Å². The normalized spacial score (nSPS) is 10.9. The molecule has 0 aliphatic heterocycles. The minimum Gasteiger partial charge on any atom is -0.494 e. The number of oxazole rings is 1. The third kappa shape index (κ3) is 3.70. The summed E-state index contributed by atoms with van der Waals surface area (Å²) < 4.78 is 12.9. The summed E-state index contributed by atoms with van der Waals surface area (Å²) in [6.45, 7) is 2.01. The number of methoxy groups -OCH3 is 1. The number of aryl methyl sites for hydroxylation is 1. The maximum atomic E-state index is 5.84. The summed E-state index contributed by atoms with van der Waals surface area (Å²) in [4.78, 5) is 4.35. The molecule has 4 aromatic rings. The Kier molecular flexibility index (Phi) is 4.88. The number of rotatable bonds is 6. The van der Waals surface area contributed by atoms with Gasteiger partial charge in [0.2, 0.25) is 11.0 Å². The van der Waals surface area contributed by atoms with Gasteiger partial charge in [0.15, 0.2) is 5.76 Å². The molecule has 0 spiro atoms. The summed E-state index contributed by atoms with van der Waals surface area (Å²) in [5, 5.41) is 12.7. The number of tetrazole rings is 1. The van der Waals surface area contributed by atoms with E-state index in [2.05, 4.69) is 20.5 Å². The SMILES string of the molecule is COc1ccc(C)cc1-n1nnnc1SCc1ncc(-c2ccccc2)o1. The maximum Gasteiger partial charge on any atom is 0.214 e. The van der Waals surface area contributed by atoms with Crippen molar-refractivity contribution < 1.29 is 9.15 Å². The van der Waals surface area contributed by atoms with E-state index in [1.807, 2.05) is 55.5 Å². The van der Waals surface area contributed by atoms with E-state index >= 15 is 0 Å². The van der Waals surface area contributed by atoms with E-state index in [-0.39, 0.29) is 0 Å². The predicted molar refractivity (Wildman–Crippen MR) is 102 cm³/mol. The Labute approximate surface area is 160 Å². The lowest BCUT2D eigenvalue weighted by Gasteiger charge is -2.09. The van der Waals surface area contributed by atoms with E-state index in [1.165, 1.54) is 11.8 Å². The number of thioether (sulfide) groups is 1. The van der Waals surface area contributed by atoms with Gasteiger partial charge in [0.25, 0.3) is 0 Å². The molecule has 0 aliphatic rings. The van der Waals surface area contributed by atoms with Crippen LogP contribution in [0.5, 0.6) is 5.75 Å². The first-order valence-electron chi connectivity index (χ1n) is 8.31. The van der Waals surface area contributed by atoms with Crippen molar-refractivity contribution in [1.29, 1.82) is 0 Å². The largest absolute Gasteiger partial charge is 0.494 e. The highest BCUT2D eigenvalue weighted by molar-refractivity contribution is 7.98. The smallest absolute Gasteiger partial charge is 0.214 e. The fraction of sp³-hybridized carbons (Fsp3) is 0.158. The van der Waals surface area contributed by atoms with Crippen molar-refractivity contribution in [3.63, 3.8) is 0 Å². The first-order chi connectivity index (χ1) is 13.2. The molecule has 8 heteroatoms. The number of hydrogen-bond acceptors (Lipinski definition) is 7. The fourth-order valence-electron chi connectivity index (χ4n) is 2.62. The lowest BCUT2D eigenvalue weighted by atomic mass is 10.2. The summed E-state index contributed by atoms with van der Waals surface area (Å²) in [6, 6.07) is 15.8. The minimum absolute atomic E-state index is 0.515. The van der Waals surface area contributed by atoms with Crippen molar-refractivity contribution >= 4 is 11.8 Å².